The van der Waals surface area contributed by atoms with Gasteiger partial charge < -0.3 is 4.74 Å². The van der Waals surface area contributed by atoms with Crippen molar-refractivity contribution in [1.82, 2.24) is 0 Å². The van der Waals surface area contributed by atoms with E-state index in [0.29, 0.717) is 0 Å². The molecule has 0 radical (unpaired) electrons. The zero-order chi connectivity index (χ0) is 11.6. The molecule has 0 aromatic rings. The van der Waals surface area contributed by atoms with Gasteiger partial charge in [-0.2, -0.15) is 0 Å². The average molecular weight is 222 g/mol. The number of fused-ring (bicyclic) bond motifs is 1. The van der Waals surface area contributed by atoms with Crippen molar-refractivity contribution >= 4 is 0 Å². The molecule has 16 heavy (non-hydrogen) atoms. The molecular formula is C15H26O. The van der Waals surface area contributed by atoms with E-state index in [0.717, 1.165) is 23.7 Å². The van der Waals surface area contributed by atoms with Gasteiger partial charge in [0.25, 0.3) is 0 Å². The van der Waals surface area contributed by atoms with Crippen LogP contribution in [0, 0.1) is 23.7 Å². The lowest BCUT2D eigenvalue weighted by Gasteiger charge is -2.40. The summed E-state index contributed by atoms with van der Waals surface area (Å²) in [6.45, 7) is 9.53. The van der Waals surface area contributed by atoms with Crippen LogP contribution in [0.5, 0.6) is 0 Å². The molecule has 1 nitrogen and oxygen atoms in total. The zero-order valence-electron chi connectivity index (χ0n) is 11.3. The molecule has 92 valence electrons. The SMILES string of the molecule is C[C@@H]1CC[C@@H]2C[C@]3(OC2(C)C)[C@H](C)CC[C@H]13. The summed E-state index contributed by atoms with van der Waals surface area (Å²) in [7, 11) is 0. The first kappa shape index (κ1) is 11.1. The molecule has 0 unspecified atom stereocenters. The van der Waals surface area contributed by atoms with Gasteiger partial charge in [0.05, 0.1) is 11.2 Å². The Balaban J connectivity index is 2.01. The highest BCUT2D eigenvalue weighted by Crippen LogP contribution is 2.61. The summed E-state index contributed by atoms with van der Waals surface area (Å²) < 4.78 is 6.65. The predicted molar refractivity (Wildman–Crippen MR) is 66.3 cm³/mol. The molecule has 2 aliphatic carbocycles. The summed E-state index contributed by atoms with van der Waals surface area (Å²) in [5.41, 5.74) is 0.390. The smallest absolute Gasteiger partial charge is 0.0749 e. The van der Waals surface area contributed by atoms with Gasteiger partial charge in [0, 0.05) is 0 Å². The molecule has 3 rings (SSSR count). The second kappa shape index (κ2) is 3.25. The van der Waals surface area contributed by atoms with Gasteiger partial charge in [-0.3, -0.25) is 0 Å². The summed E-state index contributed by atoms with van der Waals surface area (Å²) in [5.74, 6) is 3.31. The van der Waals surface area contributed by atoms with Crippen LogP contribution in [0.1, 0.15) is 59.8 Å². The van der Waals surface area contributed by atoms with Crippen molar-refractivity contribution in [2.75, 3.05) is 0 Å². The topological polar surface area (TPSA) is 9.23 Å². The quantitative estimate of drug-likeness (QED) is 0.601. The predicted octanol–water partition coefficient (Wildman–Crippen LogP) is 4.02. The van der Waals surface area contributed by atoms with Gasteiger partial charge in [-0.15, -0.1) is 0 Å². The van der Waals surface area contributed by atoms with Crippen molar-refractivity contribution in [3.8, 4) is 0 Å². The number of rotatable bonds is 0. The van der Waals surface area contributed by atoms with Crippen LogP contribution in [-0.2, 0) is 4.74 Å². The first-order valence-corrected chi connectivity index (χ1v) is 7.16. The molecule has 3 aliphatic rings. The van der Waals surface area contributed by atoms with Crippen LogP contribution >= 0.6 is 0 Å². The fourth-order valence-corrected chi connectivity index (χ4v) is 4.94. The van der Waals surface area contributed by atoms with Crippen LogP contribution < -0.4 is 0 Å². The lowest BCUT2D eigenvalue weighted by molar-refractivity contribution is -0.145. The van der Waals surface area contributed by atoms with Crippen molar-refractivity contribution in [1.29, 1.82) is 0 Å². The van der Waals surface area contributed by atoms with Crippen molar-refractivity contribution in [3.05, 3.63) is 0 Å². The molecule has 3 fully saturated rings. The third-order valence-electron chi connectivity index (χ3n) is 6.03. The third-order valence-corrected chi connectivity index (χ3v) is 6.03. The van der Waals surface area contributed by atoms with Crippen LogP contribution in [0.25, 0.3) is 0 Å². The Morgan fingerprint density at radius 2 is 1.75 bits per heavy atom. The molecule has 1 spiro atoms. The van der Waals surface area contributed by atoms with Crippen LogP contribution in [0.4, 0.5) is 0 Å². The maximum Gasteiger partial charge on any atom is 0.0749 e. The maximum absolute atomic E-state index is 6.65. The average Bonchev–Trinajstić information content (AvgIpc) is 2.57. The minimum Gasteiger partial charge on any atom is -0.368 e. The molecule has 1 saturated heterocycles. The molecular weight excluding hydrogens is 196 g/mol. The summed E-state index contributed by atoms with van der Waals surface area (Å²) in [6.07, 6.45) is 6.95. The Morgan fingerprint density at radius 1 is 1.00 bits per heavy atom. The van der Waals surface area contributed by atoms with Gasteiger partial charge in [0.15, 0.2) is 0 Å². The standard InChI is InChI=1S/C15H26O/c1-10-5-7-12-9-15(16-14(12,3)4)11(2)6-8-13(10)15/h10-13H,5-9H2,1-4H3/t10-,11-,12-,13-,15+/m1/s1. The van der Waals surface area contributed by atoms with Gasteiger partial charge in [0.2, 0.25) is 0 Å². The van der Waals surface area contributed by atoms with Crippen molar-refractivity contribution in [3.63, 3.8) is 0 Å². The van der Waals surface area contributed by atoms with Gasteiger partial charge in [-0.1, -0.05) is 13.8 Å². The monoisotopic (exact) mass is 222 g/mol. The molecule has 0 aromatic heterocycles. The zero-order valence-corrected chi connectivity index (χ0v) is 11.3. The number of ether oxygens (including phenoxy) is 1. The van der Waals surface area contributed by atoms with E-state index in [4.69, 9.17) is 4.74 Å². The van der Waals surface area contributed by atoms with Gasteiger partial charge >= 0.3 is 0 Å². The Bertz CT molecular complexity index is 296. The normalized spacial score (nSPS) is 54.8. The molecule has 1 aliphatic heterocycles. The Morgan fingerprint density at radius 3 is 2.50 bits per heavy atom. The molecule has 0 N–H and O–H groups in total. The van der Waals surface area contributed by atoms with Crippen molar-refractivity contribution in [2.24, 2.45) is 23.7 Å². The minimum atomic E-state index is 0.136. The van der Waals surface area contributed by atoms with Gasteiger partial charge in [-0.25, -0.2) is 0 Å². The van der Waals surface area contributed by atoms with E-state index in [1.54, 1.807) is 0 Å². The van der Waals surface area contributed by atoms with Gasteiger partial charge in [-0.05, 0) is 69.6 Å². The lowest BCUT2D eigenvalue weighted by Crippen LogP contribution is -2.43. The highest BCUT2D eigenvalue weighted by atomic mass is 16.5. The Kier molecular flexibility index (Phi) is 2.25. The summed E-state index contributed by atoms with van der Waals surface area (Å²) in [4.78, 5) is 0. The van der Waals surface area contributed by atoms with Crippen LogP contribution in [0.15, 0.2) is 0 Å². The van der Waals surface area contributed by atoms with Crippen LogP contribution in [0.2, 0.25) is 0 Å². The molecule has 2 saturated carbocycles. The van der Waals surface area contributed by atoms with E-state index in [-0.39, 0.29) is 11.2 Å². The molecule has 0 amide bonds. The van der Waals surface area contributed by atoms with E-state index in [2.05, 4.69) is 27.7 Å². The highest BCUT2D eigenvalue weighted by molar-refractivity contribution is 5.10. The first-order valence-electron chi connectivity index (χ1n) is 7.16. The number of hydrogen-bond acceptors (Lipinski definition) is 1. The van der Waals surface area contributed by atoms with Crippen LogP contribution in [-0.4, -0.2) is 11.2 Å². The molecule has 0 aromatic carbocycles. The van der Waals surface area contributed by atoms with Gasteiger partial charge in [0.1, 0.15) is 0 Å². The van der Waals surface area contributed by atoms with E-state index in [1.165, 1.54) is 32.1 Å². The third kappa shape index (κ3) is 1.27. The van der Waals surface area contributed by atoms with E-state index < -0.39 is 0 Å². The van der Waals surface area contributed by atoms with E-state index in [1.807, 2.05) is 0 Å². The van der Waals surface area contributed by atoms with E-state index >= 15 is 0 Å². The maximum atomic E-state index is 6.65. The fourth-order valence-electron chi connectivity index (χ4n) is 4.94. The number of hydrogen-bond donors (Lipinski definition) is 0. The summed E-state index contributed by atoms with van der Waals surface area (Å²) in [5, 5.41) is 0. The molecule has 2 bridgehead atoms. The van der Waals surface area contributed by atoms with Crippen molar-refractivity contribution < 1.29 is 4.74 Å². The second-order valence-electron chi connectivity index (χ2n) is 7.20. The van der Waals surface area contributed by atoms with Crippen molar-refractivity contribution in [2.45, 2.75) is 71.0 Å². The van der Waals surface area contributed by atoms with Crippen LogP contribution in [0.3, 0.4) is 0 Å². The molecule has 1 heterocycles. The fraction of sp³-hybridized carbons (Fsp3) is 1.00. The highest BCUT2D eigenvalue weighted by Gasteiger charge is 2.61. The summed E-state index contributed by atoms with van der Waals surface area (Å²) in [6, 6.07) is 0. The first-order chi connectivity index (χ1) is 7.46. The largest absolute Gasteiger partial charge is 0.368 e. The molecule has 1 heteroatoms. The Hall–Kier alpha value is -0.0400. The lowest BCUT2D eigenvalue weighted by atomic mass is 9.77. The molecule has 5 atom stereocenters. The summed E-state index contributed by atoms with van der Waals surface area (Å²) >= 11 is 0. The van der Waals surface area contributed by atoms with E-state index in [9.17, 15) is 0 Å². The minimum absolute atomic E-state index is 0.136. The Labute approximate surface area is 99.9 Å². The second-order valence-corrected chi connectivity index (χ2v) is 7.20.